The highest BCUT2D eigenvalue weighted by molar-refractivity contribution is 5.81. The Kier molecular flexibility index (Phi) is 4.26. The molecule has 0 aliphatic heterocycles. The monoisotopic (exact) mass is 258 g/mol. The Balaban J connectivity index is 2.11. The number of halogens is 1. The van der Waals surface area contributed by atoms with Crippen molar-refractivity contribution in [2.45, 2.75) is 12.6 Å². The zero-order chi connectivity index (χ0) is 13.7. The van der Waals surface area contributed by atoms with Crippen molar-refractivity contribution in [1.82, 2.24) is 5.32 Å². The maximum absolute atomic E-state index is 13.5. The smallest absolute Gasteiger partial charge is 0.239 e. The number of carbonyl (C=O) groups excluding carboxylic acids is 1. The fraction of sp³-hybridized carbons (Fsp3) is 0.133. The van der Waals surface area contributed by atoms with Gasteiger partial charge < -0.3 is 5.73 Å². The van der Waals surface area contributed by atoms with E-state index in [2.05, 4.69) is 5.32 Å². The highest BCUT2D eigenvalue weighted by Gasteiger charge is 2.17. The van der Waals surface area contributed by atoms with Gasteiger partial charge in [-0.1, -0.05) is 48.5 Å². The Bertz CT molecular complexity index is 557. The van der Waals surface area contributed by atoms with Crippen molar-refractivity contribution >= 4 is 5.91 Å². The number of nitrogens with one attached hydrogen (secondary N) is 1. The molecule has 1 unspecified atom stereocenters. The van der Waals surface area contributed by atoms with E-state index in [0.29, 0.717) is 5.56 Å². The van der Waals surface area contributed by atoms with Gasteiger partial charge in [-0.3, -0.25) is 10.1 Å². The molecule has 0 saturated heterocycles. The lowest BCUT2D eigenvalue weighted by Crippen LogP contribution is -2.33. The molecule has 0 saturated carbocycles. The van der Waals surface area contributed by atoms with Gasteiger partial charge in [0.15, 0.2) is 0 Å². The number of nitrogens with two attached hydrogens (primary N) is 1. The summed E-state index contributed by atoms with van der Waals surface area (Å²) in [6.07, 6.45) is 0. The first kappa shape index (κ1) is 13.2. The second kappa shape index (κ2) is 6.11. The molecular formula is C15H15FN2O. The van der Waals surface area contributed by atoms with Crippen LogP contribution in [0.2, 0.25) is 0 Å². The third-order valence-electron chi connectivity index (χ3n) is 2.87. The predicted octanol–water partition coefficient (Wildman–Crippen LogP) is 2.14. The predicted molar refractivity (Wildman–Crippen MR) is 71.6 cm³/mol. The fourth-order valence-electron chi connectivity index (χ4n) is 1.88. The third kappa shape index (κ3) is 3.39. The van der Waals surface area contributed by atoms with Crippen molar-refractivity contribution in [3.05, 3.63) is 71.5 Å². The van der Waals surface area contributed by atoms with Crippen molar-refractivity contribution in [2.24, 2.45) is 5.73 Å². The minimum absolute atomic E-state index is 0.245. The summed E-state index contributed by atoms with van der Waals surface area (Å²) >= 11 is 0. The first-order valence-corrected chi connectivity index (χ1v) is 5.99. The molecule has 3 N–H and O–H groups in total. The van der Waals surface area contributed by atoms with Gasteiger partial charge in [-0.15, -0.1) is 0 Å². The van der Waals surface area contributed by atoms with Crippen molar-refractivity contribution in [1.29, 1.82) is 0 Å². The maximum Gasteiger partial charge on any atom is 0.239 e. The average Bonchev–Trinajstić information content (AvgIpc) is 2.42. The quantitative estimate of drug-likeness (QED) is 0.863. The molecule has 0 aliphatic carbocycles. The van der Waals surface area contributed by atoms with Crippen molar-refractivity contribution in [3.8, 4) is 0 Å². The molecule has 98 valence electrons. The lowest BCUT2D eigenvalue weighted by molar-refractivity contribution is -0.120. The van der Waals surface area contributed by atoms with Crippen LogP contribution >= 0.6 is 0 Å². The second-order valence-electron chi connectivity index (χ2n) is 4.22. The zero-order valence-corrected chi connectivity index (χ0v) is 10.3. The van der Waals surface area contributed by atoms with Crippen molar-refractivity contribution < 1.29 is 9.18 Å². The van der Waals surface area contributed by atoms with Crippen LogP contribution < -0.4 is 11.1 Å². The second-order valence-corrected chi connectivity index (χ2v) is 4.22. The highest BCUT2D eigenvalue weighted by Crippen LogP contribution is 2.14. The molecule has 1 atom stereocenters. The van der Waals surface area contributed by atoms with Crippen LogP contribution in [0.3, 0.4) is 0 Å². The molecule has 2 aromatic carbocycles. The largest absolute Gasteiger partial charge is 0.368 e. The van der Waals surface area contributed by atoms with Gasteiger partial charge in [0.25, 0.3) is 0 Å². The lowest BCUT2D eigenvalue weighted by atomic mass is 10.1. The molecule has 4 heteroatoms. The standard InChI is InChI=1S/C15H15FN2O/c16-13-9-5-4-8-12(13)10-18-14(15(17)19)11-6-2-1-3-7-11/h1-9,14,18H,10H2,(H2,17,19). The third-order valence-corrected chi connectivity index (χ3v) is 2.87. The van der Waals surface area contributed by atoms with Crippen molar-refractivity contribution in [3.63, 3.8) is 0 Å². The molecular weight excluding hydrogens is 243 g/mol. The van der Waals surface area contributed by atoms with Crippen LogP contribution in [0.5, 0.6) is 0 Å². The summed E-state index contributed by atoms with van der Waals surface area (Å²) in [6, 6.07) is 15.0. The number of hydrogen-bond acceptors (Lipinski definition) is 2. The molecule has 1 amide bonds. The normalized spacial score (nSPS) is 12.1. The molecule has 0 heterocycles. The van der Waals surface area contributed by atoms with Crippen LogP contribution in [0.4, 0.5) is 4.39 Å². The summed E-state index contributed by atoms with van der Waals surface area (Å²) in [5.74, 6) is -0.783. The van der Waals surface area contributed by atoms with Crippen molar-refractivity contribution in [2.75, 3.05) is 0 Å². The van der Waals surface area contributed by atoms with Crippen LogP contribution in [0.25, 0.3) is 0 Å². The molecule has 0 aliphatic rings. The van der Waals surface area contributed by atoms with Gasteiger partial charge in [0.2, 0.25) is 5.91 Å². The van der Waals surface area contributed by atoms with Gasteiger partial charge >= 0.3 is 0 Å². The molecule has 0 fully saturated rings. The molecule has 0 aromatic heterocycles. The number of hydrogen-bond donors (Lipinski definition) is 2. The van der Waals surface area contributed by atoms with Gasteiger partial charge in [0, 0.05) is 12.1 Å². The summed E-state index contributed by atoms with van der Waals surface area (Å²) in [7, 11) is 0. The van der Waals surface area contributed by atoms with Gasteiger partial charge in [0.05, 0.1) is 0 Å². The highest BCUT2D eigenvalue weighted by atomic mass is 19.1. The number of rotatable bonds is 5. The molecule has 0 radical (unpaired) electrons. The lowest BCUT2D eigenvalue weighted by Gasteiger charge is -2.16. The summed E-state index contributed by atoms with van der Waals surface area (Å²) in [5.41, 5.74) is 6.65. The first-order chi connectivity index (χ1) is 9.18. The first-order valence-electron chi connectivity index (χ1n) is 5.99. The Morgan fingerprint density at radius 1 is 1.11 bits per heavy atom. The topological polar surface area (TPSA) is 55.1 Å². The molecule has 2 aromatic rings. The van der Waals surface area contributed by atoms with Crippen LogP contribution in [0.15, 0.2) is 54.6 Å². The maximum atomic E-state index is 13.5. The molecule has 0 bridgehead atoms. The van der Waals surface area contributed by atoms with E-state index >= 15 is 0 Å². The average molecular weight is 258 g/mol. The number of carbonyl (C=O) groups is 1. The summed E-state index contributed by atoms with van der Waals surface area (Å²) in [4.78, 5) is 11.5. The summed E-state index contributed by atoms with van der Waals surface area (Å²) in [5, 5.41) is 2.98. The van der Waals surface area contributed by atoms with E-state index in [4.69, 9.17) is 5.73 Å². The van der Waals surface area contributed by atoms with E-state index in [0.717, 1.165) is 5.56 Å². The Hall–Kier alpha value is -2.20. The van der Waals surface area contributed by atoms with Crippen LogP contribution in [-0.4, -0.2) is 5.91 Å². The minimum atomic E-state index is -0.624. The molecule has 0 spiro atoms. The van der Waals surface area contributed by atoms with Crippen LogP contribution in [0.1, 0.15) is 17.2 Å². The molecule has 3 nitrogen and oxygen atoms in total. The summed E-state index contributed by atoms with van der Waals surface area (Å²) < 4.78 is 13.5. The van der Waals surface area contributed by atoms with Crippen LogP contribution in [-0.2, 0) is 11.3 Å². The van der Waals surface area contributed by atoms with Crippen LogP contribution in [0, 0.1) is 5.82 Å². The molecule has 19 heavy (non-hydrogen) atoms. The Morgan fingerprint density at radius 2 is 1.74 bits per heavy atom. The molecule has 2 rings (SSSR count). The Morgan fingerprint density at radius 3 is 2.37 bits per heavy atom. The SMILES string of the molecule is NC(=O)C(NCc1ccccc1F)c1ccccc1. The van der Waals surface area contributed by atoms with E-state index in [1.807, 2.05) is 30.3 Å². The van der Waals surface area contributed by atoms with Gasteiger partial charge in [0.1, 0.15) is 11.9 Å². The van der Waals surface area contributed by atoms with Gasteiger partial charge in [-0.05, 0) is 11.6 Å². The van der Waals surface area contributed by atoms with Gasteiger partial charge in [-0.2, -0.15) is 0 Å². The number of primary amides is 1. The van der Waals surface area contributed by atoms with E-state index in [-0.39, 0.29) is 12.4 Å². The van der Waals surface area contributed by atoms with E-state index in [1.165, 1.54) is 6.07 Å². The fourth-order valence-corrected chi connectivity index (χ4v) is 1.88. The van der Waals surface area contributed by atoms with E-state index in [1.54, 1.807) is 18.2 Å². The van der Waals surface area contributed by atoms with Gasteiger partial charge in [-0.25, -0.2) is 4.39 Å². The van der Waals surface area contributed by atoms with E-state index in [9.17, 15) is 9.18 Å². The number of amides is 1. The Labute approximate surface area is 111 Å². The summed E-state index contributed by atoms with van der Waals surface area (Å²) in [6.45, 7) is 0.245. The number of benzene rings is 2. The zero-order valence-electron chi connectivity index (χ0n) is 10.3. The minimum Gasteiger partial charge on any atom is -0.368 e. The van der Waals surface area contributed by atoms with E-state index < -0.39 is 11.9 Å².